The van der Waals surface area contributed by atoms with Gasteiger partial charge in [-0.15, -0.1) is 5.10 Å². The standard InChI is InChI=1S/C33H35F2N7O6.H2/c1-38-14-20(10-22(29(34)35)31(38)45)19-11-25(47-2)23(26(12-19)48-3)15-39-9-7-33(16-39)17-40(18-33)21-6-8-41-27(13-21)37-42(32(41)46)24-4-5-28(43)36-30(24)44;/h6,8,10-14,24,29H,4-5,7,9,15-18H2,1-3H3,(H,36,43,44);1H. The van der Waals surface area contributed by atoms with Gasteiger partial charge in [0.1, 0.15) is 17.5 Å². The molecule has 6 heterocycles. The Morgan fingerprint density at radius 1 is 1.04 bits per heavy atom. The van der Waals surface area contributed by atoms with Gasteiger partial charge in [0.25, 0.3) is 17.9 Å². The number of hydrogen-bond acceptors (Lipinski definition) is 9. The van der Waals surface area contributed by atoms with E-state index in [0.717, 1.165) is 53.1 Å². The molecule has 7 rings (SSSR count). The molecule has 1 spiro atoms. The molecule has 48 heavy (non-hydrogen) atoms. The third kappa shape index (κ3) is 5.41. The van der Waals surface area contributed by atoms with Crippen LogP contribution in [0.2, 0.25) is 0 Å². The van der Waals surface area contributed by atoms with Crippen LogP contribution in [-0.2, 0) is 23.2 Å². The summed E-state index contributed by atoms with van der Waals surface area (Å²) < 4.78 is 42.3. The fourth-order valence-electron chi connectivity index (χ4n) is 7.24. The lowest BCUT2D eigenvalue weighted by Crippen LogP contribution is -2.57. The summed E-state index contributed by atoms with van der Waals surface area (Å²) in [5, 5.41) is 6.71. The number of rotatable bonds is 8. The van der Waals surface area contributed by atoms with Gasteiger partial charge in [-0.05, 0) is 54.8 Å². The summed E-state index contributed by atoms with van der Waals surface area (Å²) in [5.41, 5.74) is 1.61. The highest BCUT2D eigenvalue weighted by molar-refractivity contribution is 5.99. The van der Waals surface area contributed by atoms with Crippen LogP contribution in [0.3, 0.4) is 0 Å². The van der Waals surface area contributed by atoms with Gasteiger partial charge >= 0.3 is 5.69 Å². The predicted octanol–water partition coefficient (Wildman–Crippen LogP) is 2.75. The number of halogens is 2. The van der Waals surface area contributed by atoms with Gasteiger partial charge in [0.05, 0.1) is 25.3 Å². The predicted molar refractivity (Wildman–Crippen MR) is 173 cm³/mol. The maximum absolute atomic E-state index is 13.6. The molecule has 1 atom stereocenters. The first kappa shape index (κ1) is 31.5. The lowest BCUT2D eigenvalue weighted by atomic mass is 9.79. The maximum atomic E-state index is 13.6. The molecule has 1 unspecified atom stereocenters. The van der Waals surface area contributed by atoms with Crippen LogP contribution in [0.15, 0.2) is 52.3 Å². The summed E-state index contributed by atoms with van der Waals surface area (Å²) in [6, 6.07) is 7.68. The van der Waals surface area contributed by atoms with Gasteiger partial charge < -0.3 is 18.9 Å². The fraction of sp³-hybridized carbons (Fsp3) is 0.424. The Hall–Kier alpha value is -5.05. The van der Waals surface area contributed by atoms with Crippen molar-refractivity contribution in [1.82, 2.24) is 29.0 Å². The van der Waals surface area contributed by atoms with Gasteiger partial charge in [0.2, 0.25) is 5.91 Å². The van der Waals surface area contributed by atoms with E-state index < -0.39 is 35.2 Å². The lowest BCUT2D eigenvalue weighted by Gasteiger charge is -2.49. The minimum Gasteiger partial charge on any atom is -0.496 e. The molecule has 13 nitrogen and oxygen atoms in total. The quantitative estimate of drug-likeness (QED) is 0.282. The number of methoxy groups -OCH3 is 2. The average Bonchev–Trinajstić information content (AvgIpc) is 3.62. The summed E-state index contributed by atoms with van der Waals surface area (Å²) in [6.07, 6.45) is 1.67. The second kappa shape index (κ2) is 11.9. The maximum Gasteiger partial charge on any atom is 0.351 e. The Labute approximate surface area is 274 Å². The number of alkyl halides is 2. The van der Waals surface area contributed by atoms with Crippen molar-refractivity contribution in [1.29, 1.82) is 0 Å². The Bertz CT molecular complexity index is 2050. The van der Waals surface area contributed by atoms with E-state index in [-0.39, 0.29) is 25.6 Å². The number of likely N-dealkylation sites (tertiary alicyclic amines) is 1. The molecule has 4 aromatic rings. The van der Waals surface area contributed by atoms with Crippen molar-refractivity contribution >= 4 is 23.1 Å². The number of aromatic nitrogens is 4. The van der Waals surface area contributed by atoms with E-state index in [9.17, 15) is 28.0 Å². The molecular weight excluding hydrogens is 628 g/mol. The molecule has 0 aliphatic carbocycles. The molecule has 15 heteroatoms. The average molecular weight is 666 g/mol. The van der Waals surface area contributed by atoms with Crippen LogP contribution in [0.4, 0.5) is 14.5 Å². The number of nitrogens with one attached hydrogen (secondary N) is 1. The number of ether oxygens (including phenoxy) is 2. The zero-order valence-corrected chi connectivity index (χ0v) is 26.7. The fourth-order valence-corrected chi connectivity index (χ4v) is 7.24. The smallest absolute Gasteiger partial charge is 0.351 e. The molecule has 0 radical (unpaired) electrons. The van der Waals surface area contributed by atoms with Gasteiger partial charge in [-0.2, -0.15) is 4.68 Å². The van der Waals surface area contributed by atoms with E-state index in [0.29, 0.717) is 34.8 Å². The monoisotopic (exact) mass is 665 g/mol. The van der Waals surface area contributed by atoms with Crippen molar-refractivity contribution in [3.05, 3.63) is 74.7 Å². The number of nitrogens with zero attached hydrogens (tertiary/aromatic N) is 6. The van der Waals surface area contributed by atoms with E-state index in [2.05, 4.69) is 20.2 Å². The Balaban J connectivity index is 0.00000417. The van der Waals surface area contributed by atoms with E-state index in [1.54, 1.807) is 32.5 Å². The van der Waals surface area contributed by atoms with Gasteiger partial charge in [0, 0.05) is 70.6 Å². The molecule has 0 bridgehead atoms. The number of fused-ring (bicyclic) bond motifs is 1. The van der Waals surface area contributed by atoms with Crippen LogP contribution in [0.1, 0.15) is 44.3 Å². The number of anilines is 1. The van der Waals surface area contributed by atoms with Crippen LogP contribution < -0.4 is 30.9 Å². The molecule has 3 saturated heterocycles. The summed E-state index contributed by atoms with van der Waals surface area (Å²) in [7, 11) is 4.56. The molecule has 3 fully saturated rings. The highest BCUT2D eigenvalue weighted by Gasteiger charge is 2.48. The minimum absolute atomic E-state index is 0. The zero-order valence-electron chi connectivity index (χ0n) is 26.7. The third-order valence-electron chi connectivity index (χ3n) is 9.74. The van der Waals surface area contributed by atoms with Crippen molar-refractivity contribution in [2.24, 2.45) is 12.5 Å². The topological polar surface area (TPSA) is 132 Å². The lowest BCUT2D eigenvalue weighted by molar-refractivity contribution is -0.136. The minimum atomic E-state index is -2.90. The molecule has 254 valence electrons. The number of carbonyl (C=O) groups is 2. The molecule has 3 aliphatic heterocycles. The summed E-state index contributed by atoms with van der Waals surface area (Å²) >= 11 is 0. The van der Waals surface area contributed by atoms with Crippen LogP contribution in [-0.4, -0.2) is 75.9 Å². The first-order chi connectivity index (χ1) is 23.0. The van der Waals surface area contributed by atoms with E-state index in [4.69, 9.17) is 9.47 Å². The highest BCUT2D eigenvalue weighted by Crippen LogP contribution is 2.44. The van der Waals surface area contributed by atoms with Crippen molar-refractivity contribution in [2.45, 2.75) is 38.3 Å². The first-order valence-electron chi connectivity index (χ1n) is 15.6. The molecule has 3 aromatic heterocycles. The zero-order chi connectivity index (χ0) is 33.9. The molecular formula is C33H37F2N7O6. The van der Waals surface area contributed by atoms with Crippen molar-refractivity contribution in [3.8, 4) is 22.6 Å². The molecule has 0 saturated carbocycles. The molecule has 2 amide bonds. The number of amides is 2. The van der Waals surface area contributed by atoms with Gasteiger partial charge in [-0.25, -0.2) is 13.6 Å². The Morgan fingerprint density at radius 3 is 2.44 bits per heavy atom. The molecule has 1 aromatic carbocycles. The summed E-state index contributed by atoms with van der Waals surface area (Å²) in [5.74, 6) is 0.252. The van der Waals surface area contributed by atoms with Crippen molar-refractivity contribution in [2.75, 3.05) is 45.3 Å². The largest absolute Gasteiger partial charge is 0.496 e. The highest BCUT2D eigenvalue weighted by atomic mass is 19.3. The first-order valence-corrected chi connectivity index (χ1v) is 15.6. The van der Waals surface area contributed by atoms with Gasteiger partial charge in [0.15, 0.2) is 5.65 Å². The van der Waals surface area contributed by atoms with E-state index >= 15 is 0 Å². The Morgan fingerprint density at radius 2 is 1.77 bits per heavy atom. The number of carbonyl (C=O) groups excluding carboxylic acids is 2. The van der Waals surface area contributed by atoms with Crippen molar-refractivity contribution in [3.63, 3.8) is 0 Å². The number of aryl methyl sites for hydroxylation is 1. The van der Waals surface area contributed by atoms with E-state index in [1.165, 1.54) is 23.7 Å². The normalized spacial score (nSPS) is 19.3. The SMILES string of the molecule is COc1cc(-c2cc(C(F)F)c(=O)n(C)c2)cc(OC)c1CN1CCC2(C1)CN(c1ccn3c(=O)n(C4CCC(=O)NC4=O)nc3c1)C2.[HH]. The van der Waals surface area contributed by atoms with Crippen LogP contribution in [0.5, 0.6) is 11.5 Å². The van der Waals surface area contributed by atoms with Gasteiger partial charge in [-0.1, -0.05) is 0 Å². The second-order valence-electron chi connectivity index (χ2n) is 12.9. The Kier molecular flexibility index (Phi) is 7.81. The number of pyridine rings is 2. The second-order valence-corrected chi connectivity index (χ2v) is 12.9. The van der Waals surface area contributed by atoms with Crippen LogP contribution in [0.25, 0.3) is 16.8 Å². The van der Waals surface area contributed by atoms with Crippen molar-refractivity contribution < 1.29 is 29.3 Å². The van der Waals surface area contributed by atoms with Gasteiger partial charge in [-0.3, -0.25) is 29.0 Å². The molecule has 3 aliphatic rings. The molecule has 1 N–H and O–H groups in total. The third-order valence-corrected chi connectivity index (χ3v) is 9.74. The summed E-state index contributed by atoms with van der Waals surface area (Å²) in [6.45, 7) is 3.93. The van der Waals surface area contributed by atoms with Crippen LogP contribution >= 0.6 is 0 Å². The number of benzene rings is 1. The number of piperidine rings is 1. The number of imide groups is 1. The van der Waals surface area contributed by atoms with E-state index in [1.807, 2.05) is 12.1 Å². The number of hydrogen-bond donors (Lipinski definition) is 1. The summed E-state index contributed by atoms with van der Waals surface area (Å²) in [4.78, 5) is 53.7. The van der Waals surface area contributed by atoms with Crippen LogP contribution in [0, 0.1) is 5.41 Å².